The molecule has 0 bridgehead atoms. The lowest BCUT2D eigenvalue weighted by atomic mass is 9.98. The molecule has 8 heteroatoms. The summed E-state index contributed by atoms with van der Waals surface area (Å²) in [5, 5.41) is 2.92. The zero-order valence-electron chi connectivity index (χ0n) is 15.9. The highest BCUT2D eigenvalue weighted by Crippen LogP contribution is 2.38. The van der Waals surface area contributed by atoms with Crippen molar-refractivity contribution in [3.05, 3.63) is 41.5 Å². The third-order valence-electron chi connectivity index (χ3n) is 4.96. The Morgan fingerprint density at radius 3 is 2.68 bits per heavy atom. The maximum absolute atomic E-state index is 12.1. The number of ether oxygens (including phenoxy) is 1. The van der Waals surface area contributed by atoms with E-state index in [1.165, 1.54) is 6.26 Å². The standard InChI is InChI=1S/C20H21N3O4S/c1-4-12-14-8-16-17(9-15(14)23-20(12)24)22-19(21-16)13-6-5-11(7-18(13)27-2)10-28(3,25)26/h5-9,12H,4,10H2,1-3H3,(H,21,22)(H,23,24). The van der Waals surface area contributed by atoms with Crippen molar-refractivity contribution in [3.63, 3.8) is 0 Å². The highest BCUT2D eigenvalue weighted by Gasteiger charge is 2.30. The molecule has 3 aromatic rings. The Kier molecular flexibility index (Phi) is 4.38. The number of methoxy groups -OCH3 is 1. The fraction of sp³-hybridized carbons (Fsp3) is 0.300. The molecule has 4 rings (SSSR count). The topological polar surface area (TPSA) is 101 Å². The number of aromatic amines is 1. The molecule has 28 heavy (non-hydrogen) atoms. The lowest BCUT2D eigenvalue weighted by Crippen LogP contribution is -2.10. The average molecular weight is 399 g/mol. The van der Waals surface area contributed by atoms with E-state index in [2.05, 4.69) is 15.3 Å². The molecule has 0 saturated heterocycles. The van der Waals surface area contributed by atoms with Gasteiger partial charge in [-0.15, -0.1) is 0 Å². The first kappa shape index (κ1) is 18.5. The molecule has 1 amide bonds. The molecular formula is C20H21N3O4S. The largest absolute Gasteiger partial charge is 0.496 e. The molecule has 0 fully saturated rings. The van der Waals surface area contributed by atoms with Crippen LogP contribution in [-0.4, -0.2) is 37.7 Å². The minimum Gasteiger partial charge on any atom is -0.496 e. The van der Waals surface area contributed by atoms with Gasteiger partial charge in [0.05, 0.1) is 35.4 Å². The number of fused-ring (bicyclic) bond motifs is 2. The lowest BCUT2D eigenvalue weighted by Gasteiger charge is -2.08. The van der Waals surface area contributed by atoms with Crippen LogP contribution in [0, 0.1) is 0 Å². The van der Waals surface area contributed by atoms with Crippen molar-refractivity contribution in [2.45, 2.75) is 25.0 Å². The number of carbonyl (C=O) groups is 1. The number of H-pyrrole nitrogens is 1. The van der Waals surface area contributed by atoms with E-state index in [9.17, 15) is 13.2 Å². The first-order valence-electron chi connectivity index (χ1n) is 8.98. The molecule has 1 aliphatic heterocycles. The number of benzene rings is 2. The Morgan fingerprint density at radius 1 is 1.21 bits per heavy atom. The first-order valence-corrected chi connectivity index (χ1v) is 11.0. The Bertz CT molecular complexity index is 1200. The SMILES string of the molecule is CCC1C(=O)Nc2cc3nc(-c4ccc(CS(C)(=O)=O)cc4OC)[nH]c3cc21. The van der Waals surface area contributed by atoms with E-state index in [-0.39, 0.29) is 17.6 Å². The van der Waals surface area contributed by atoms with Gasteiger partial charge in [0.2, 0.25) is 5.91 Å². The van der Waals surface area contributed by atoms with Crippen LogP contribution in [0.4, 0.5) is 5.69 Å². The van der Waals surface area contributed by atoms with Gasteiger partial charge in [-0.25, -0.2) is 13.4 Å². The molecule has 2 aromatic carbocycles. The van der Waals surface area contributed by atoms with E-state index in [1.54, 1.807) is 25.3 Å². The average Bonchev–Trinajstić information content (AvgIpc) is 3.16. The molecule has 2 heterocycles. The zero-order chi connectivity index (χ0) is 20.1. The number of nitrogens with one attached hydrogen (secondary N) is 2. The van der Waals surface area contributed by atoms with Crippen LogP contribution in [0.25, 0.3) is 22.4 Å². The number of hydrogen-bond donors (Lipinski definition) is 2. The zero-order valence-corrected chi connectivity index (χ0v) is 16.7. The van der Waals surface area contributed by atoms with Gasteiger partial charge in [-0.2, -0.15) is 0 Å². The highest BCUT2D eigenvalue weighted by atomic mass is 32.2. The molecule has 7 nitrogen and oxygen atoms in total. The molecule has 0 saturated carbocycles. The summed E-state index contributed by atoms with van der Waals surface area (Å²) in [7, 11) is -1.59. The predicted molar refractivity (Wildman–Crippen MR) is 108 cm³/mol. The number of aromatic nitrogens is 2. The summed E-state index contributed by atoms with van der Waals surface area (Å²) in [6.45, 7) is 1.99. The quantitative estimate of drug-likeness (QED) is 0.686. The Hall–Kier alpha value is -2.87. The molecule has 0 aliphatic carbocycles. The van der Waals surface area contributed by atoms with Crippen LogP contribution in [0.1, 0.15) is 30.4 Å². The van der Waals surface area contributed by atoms with Gasteiger partial charge in [-0.3, -0.25) is 4.79 Å². The fourth-order valence-electron chi connectivity index (χ4n) is 3.69. The van der Waals surface area contributed by atoms with Gasteiger partial charge in [0.1, 0.15) is 11.6 Å². The summed E-state index contributed by atoms with van der Waals surface area (Å²) in [5.41, 5.74) is 4.77. The number of nitrogens with zero attached hydrogens (tertiary/aromatic N) is 1. The Labute approximate surface area is 163 Å². The van der Waals surface area contributed by atoms with E-state index in [1.807, 2.05) is 19.1 Å². The van der Waals surface area contributed by atoms with Crippen molar-refractivity contribution in [2.24, 2.45) is 0 Å². The van der Waals surface area contributed by atoms with Crippen LogP contribution in [0.15, 0.2) is 30.3 Å². The fourth-order valence-corrected chi connectivity index (χ4v) is 4.47. The highest BCUT2D eigenvalue weighted by molar-refractivity contribution is 7.89. The number of amides is 1. The first-order chi connectivity index (χ1) is 13.3. The summed E-state index contributed by atoms with van der Waals surface area (Å²) in [4.78, 5) is 20.0. The van der Waals surface area contributed by atoms with Crippen molar-refractivity contribution in [1.29, 1.82) is 0 Å². The van der Waals surface area contributed by atoms with Crippen LogP contribution in [0.5, 0.6) is 5.75 Å². The summed E-state index contributed by atoms with van der Waals surface area (Å²) < 4.78 is 28.6. The molecule has 2 N–H and O–H groups in total. The second kappa shape index (κ2) is 6.63. The van der Waals surface area contributed by atoms with Crippen molar-refractivity contribution in [1.82, 2.24) is 9.97 Å². The molecule has 1 unspecified atom stereocenters. The number of hydrogen-bond acceptors (Lipinski definition) is 5. The molecule has 0 radical (unpaired) electrons. The van der Waals surface area contributed by atoms with Crippen molar-refractivity contribution < 1.29 is 17.9 Å². The third-order valence-corrected chi connectivity index (χ3v) is 5.82. The van der Waals surface area contributed by atoms with Gasteiger partial charge < -0.3 is 15.0 Å². The van der Waals surface area contributed by atoms with Crippen LogP contribution < -0.4 is 10.1 Å². The van der Waals surface area contributed by atoms with E-state index in [4.69, 9.17) is 4.74 Å². The molecule has 1 aliphatic rings. The Balaban J connectivity index is 1.77. The smallest absolute Gasteiger partial charge is 0.231 e. The van der Waals surface area contributed by atoms with Crippen LogP contribution in [0.2, 0.25) is 0 Å². The second-order valence-corrected chi connectivity index (χ2v) is 9.24. The normalized spacial score (nSPS) is 16.2. The molecular weight excluding hydrogens is 378 g/mol. The number of imidazole rings is 1. The van der Waals surface area contributed by atoms with Crippen LogP contribution >= 0.6 is 0 Å². The van der Waals surface area contributed by atoms with Gasteiger partial charge in [-0.05, 0) is 41.8 Å². The van der Waals surface area contributed by atoms with Crippen LogP contribution in [-0.2, 0) is 20.4 Å². The van der Waals surface area contributed by atoms with Crippen molar-refractivity contribution in [2.75, 3.05) is 18.7 Å². The summed E-state index contributed by atoms with van der Waals surface area (Å²) in [6, 6.07) is 9.14. The third kappa shape index (κ3) is 3.24. The van der Waals surface area contributed by atoms with E-state index in [0.29, 0.717) is 17.1 Å². The van der Waals surface area contributed by atoms with Gasteiger partial charge in [-0.1, -0.05) is 13.0 Å². The predicted octanol–water partition coefficient (Wildman–Crippen LogP) is 3.23. The van der Waals surface area contributed by atoms with Gasteiger partial charge in [0.25, 0.3) is 0 Å². The number of sulfone groups is 1. The molecule has 146 valence electrons. The molecule has 0 spiro atoms. The molecule has 1 atom stereocenters. The van der Waals surface area contributed by atoms with Crippen molar-refractivity contribution in [3.8, 4) is 17.1 Å². The van der Waals surface area contributed by atoms with Gasteiger partial charge in [0, 0.05) is 11.9 Å². The minimum absolute atomic E-state index is 0.0218. The molecule has 1 aromatic heterocycles. The number of carbonyl (C=O) groups excluding carboxylic acids is 1. The monoisotopic (exact) mass is 399 g/mol. The minimum atomic E-state index is -3.13. The maximum atomic E-state index is 12.1. The summed E-state index contributed by atoms with van der Waals surface area (Å²) in [6.07, 6.45) is 1.94. The van der Waals surface area contributed by atoms with E-state index < -0.39 is 9.84 Å². The number of rotatable bonds is 5. The summed E-state index contributed by atoms with van der Waals surface area (Å²) in [5.74, 6) is 1.01. The van der Waals surface area contributed by atoms with Gasteiger partial charge in [0.15, 0.2) is 9.84 Å². The van der Waals surface area contributed by atoms with Crippen molar-refractivity contribution >= 4 is 32.5 Å². The van der Waals surface area contributed by atoms with E-state index in [0.717, 1.165) is 34.3 Å². The van der Waals surface area contributed by atoms with Crippen LogP contribution in [0.3, 0.4) is 0 Å². The lowest BCUT2D eigenvalue weighted by molar-refractivity contribution is -0.117. The maximum Gasteiger partial charge on any atom is 0.231 e. The van der Waals surface area contributed by atoms with E-state index >= 15 is 0 Å². The Morgan fingerprint density at radius 2 is 2.00 bits per heavy atom. The second-order valence-electron chi connectivity index (χ2n) is 7.10. The summed E-state index contributed by atoms with van der Waals surface area (Å²) >= 11 is 0. The number of anilines is 1. The van der Waals surface area contributed by atoms with Gasteiger partial charge >= 0.3 is 0 Å².